The first kappa shape index (κ1) is 16.7. The van der Waals surface area contributed by atoms with Crippen LogP contribution in [-0.4, -0.2) is 11.1 Å². The number of benzene rings is 2. The molecule has 1 saturated heterocycles. The predicted octanol–water partition coefficient (Wildman–Crippen LogP) is 4.93. The first-order valence-corrected chi connectivity index (χ1v) is 8.58. The molecule has 1 N–H and O–H groups in total. The maximum Gasteiger partial charge on any atom is 0.264 e. The number of amidine groups is 1. The second kappa shape index (κ2) is 7.20. The van der Waals surface area contributed by atoms with E-state index in [1.165, 1.54) is 35.5 Å². The van der Waals surface area contributed by atoms with E-state index in [4.69, 9.17) is 11.6 Å². The minimum atomic E-state index is -0.500. The van der Waals surface area contributed by atoms with Crippen LogP contribution in [0.3, 0.4) is 0 Å². The molecule has 1 heterocycles. The maximum atomic E-state index is 13.2. The third-order valence-electron chi connectivity index (χ3n) is 3.47. The quantitative estimate of drug-likeness (QED) is 0.788. The largest absolute Gasteiger partial charge is 0.300 e. The van der Waals surface area contributed by atoms with E-state index in [1.54, 1.807) is 0 Å². The fourth-order valence-electron chi connectivity index (χ4n) is 2.15. The molecule has 0 unspecified atom stereocenters. The van der Waals surface area contributed by atoms with Crippen molar-refractivity contribution in [2.75, 3.05) is 0 Å². The number of carbonyl (C=O) groups is 1. The summed E-state index contributed by atoms with van der Waals surface area (Å²) in [7, 11) is 0. The fourth-order valence-corrected chi connectivity index (χ4v) is 3.17. The Labute approximate surface area is 148 Å². The van der Waals surface area contributed by atoms with Gasteiger partial charge in [-0.1, -0.05) is 42.8 Å². The number of amides is 1. The van der Waals surface area contributed by atoms with Crippen LogP contribution in [-0.2, 0) is 11.2 Å². The minimum Gasteiger partial charge on any atom is -0.300 e. The van der Waals surface area contributed by atoms with Gasteiger partial charge in [-0.2, -0.15) is 0 Å². The predicted molar refractivity (Wildman–Crippen MR) is 98.0 cm³/mol. The number of aryl methyl sites for hydroxylation is 1. The van der Waals surface area contributed by atoms with Gasteiger partial charge in [-0.05, 0) is 53.6 Å². The van der Waals surface area contributed by atoms with Gasteiger partial charge in [-0.15, -0.1) is 0 Å². The molecule has 0 radical (unpaired) electrons. The van der Waals surface area contributed by atoms with E-state index in [9.17, 15) is 9.18 Å². The zero-order chi connectivity index (χ0) is 17.1. The number of halogens is 2. The summed E-state index contributed by atoms with van der Waals surface area (Å²) in [5.41, 5.74) is 2.68. The van der Waals surface area contributed by atoms with Gasteiger partial charge in [-0.25, -0.2) is 9.38 Å². The lowest BCUT2D eigenvalue weighted by molar-refractivity contribution is -0.115. The molecule has 2 aromatic carbocycles. The number of aliphatic imine (C=N–C) groups is 1. The van der Waals surface area contributed by atoms with Gasteiger partial charge in [0.15, 0.2) is 5.17 Å². The molecule has 3 nitrogen and oxygen atoms in total. The van der Waals surface area contributed by atoms with Gasteiger partial charge >= 0.3 is 0 Å². The first-order chi connectivity index (χ1) is 11.5. The van der Waals surface area contributed by atoms with Gasteiger partial charge in [0.2, 0.25) is 0 Å². The van der Waals surface area contributed by atoms with Gasteiger partial charge in [0.05, 0.1) is 15.6 Å². The van der Waals surface area contributed by atoms with Crippen molar-refractivity contribution in [3.63, 3.8) is 0 Å². The van der Waals surface area contributed by atoms with E-state index >= 15 is 0 Å². The Morgan fingerprint density at radius 2 is 2.00 bits per heavy atom. The molecule has 1 amide bonds. The Kier molecular flexibility index (Phi) is 5.02. The zero-order valence-electron chi connectivity index (χ0n) is 12.8. The van der Waals surface area contributed by atoms with Crippen molar-refractivity contribution >= 4 is 46.2 Å². The van der Waals surface area contributed by atoms with E-state index in [0.29, 0.717) is 15.8 Å². The van der Waals surface area contributed by atoms with Crippen LogP contribution in [0.1, 0.15) is 18.1 Å². The average Bonchev–Trinajstić information content (AvgIpc) is 2.91. The van der Waals surface area contributed by atoms with Gasteiger partial charge < -0.3 is 5.32 Å². The monoisotopic (exact) mass is 360 g/mol. The Balaban J connectivity index is 1.80. The van der Waals surface area contributed by atoms with Crippen LogP contribution in [0, 0.1) is 5.82 Å². The van der Waals surface area contributed by atoms with E-state index in [0.717, 1.165) is 12.0 Å². The third kappa shape index (κ3) is 3.86. The molecule has 0 atom stereocenters. The summed E-state index contributed by atoms with van der Waals surface area (Å²) < 4.78 is 13.2. The minimum absolute atomic E-state index is 0.00190. The number of rotatable bonds is 3. The molecule has 0 bridgehead atoms. The summed E-state index contributed by atoms with van der Waals surface area (Å²) in [6, 6.07) is 12.2. The Morgan fingerprint density at radius 1 is 1.25 bits per heavy atom. The summed E-state index contributed by atoms with van der Waals surface area (Å²) in [5, 5.41) is 3.14. The highest BCUT2D eigenvalue weighted by molar-refractivity contribution is 8.18. The highest BCUT2D eigenvalue weighted by Crippen LogP contribution is 2.29. The van der Waals surface area contributed by atoms with E-state index in [2.05, 4.69) is 17.2 Å². The van der Waals surface area contributed by atoms with Crippen molar-refractivity contribution in [3.05, 3.63) is 69.3 Å². The van der Waals surface area contributed by atoms with Gasteiger partial charge in [-0.3, -0.25) is 4.79 Å². The van der Waals surface area contributed by atoms with Gasteiger partial charge in [0.25, 0.3) is 5.91 Å². The Morgan fingerprint density at radius 3 is 2.67 bits per heavy atom. The van der Waals surface area contributed by atoms with Crippen molar-refractivity contribution in [2.45, 2.75) is 13.3 Å². The van der Waals surface area contributed by atoms with Crippen LogP contribution in [0.25, 0.3) is 6.08 Å². The molecular formula is C18H14ClFN2OS. The van der Waals surface area contributed by atoms with E-state index in [-0.39, 0.29) is 10.9 Å². The molecule has 6 heteroatoms. The second-order valence-electron chi connectivity index (χ2n) is 5.18. The smallest absolute Gasteiger partial charge is 0.264 e. The zero-order valence-corrected chi connectivity index (χ0v) is 14.4. The highest BCUT2D eigenvalue weighted by Gasteiger charge is 2.23. The topological polar surface area (TPSA) is 41.5 Å². The molecule has 0 saturated carbocycles. The molecule has 0 aliphatic carbocycles. The van der Waals surface area contributed by atoms with E-state index < -0.39 is 5.82 Å². The summed E-state index contributed by atoms with van der Waals surface area (Å²) in [4.78, 5) is 16.9. The van der Waals surface area contributed by atoms with Crippen LogP contribution in [0.15, 0.2) is 52.4 Å². The number of hydrogen-bond donors (Lipinski definition) is 1. The maximum absolute atomic E-state index is 13.2. The molecule has 1 aliphatic rings. The van der Waals surface area contributed by atoms with E-state index in [1.807, 2.05) is 30.3 Å². The molecule has 3 rings (SSSR count). The molecule has 24 heavy (non-hydrogen) atoms. The standard InChI is InChI=1S/C18H14ClFN2OS/c1-2-11-3-5-12(6-4-11)9-16-17(23)22-18(24-16)21-13-7-8-15(20)14(19)10-13/h3-10H,2H2,1H3,(H,21,22,23)/b16-9-. The first-order valence-electron chi connectivity index (χ1n) is 7.38. The molecule has 0 aromatic heterocycles. The molecule has 0 spiro atoms. The van der Waals surface area contributed by atoms with Crippen molar-refractivity contribution in [1.82, 2.24) is 5.32 Å². The molecule has 2 aromatic rings. The lowest BCUT2D eigenvalue weighted by atomic mass is 10.1. The van der Waals surface area contributed by atoms with Crippen molar-refractivity contribution in [3.8, 4) is 0 Å². The number of nitrogens with zero attached hydrogens (tertiary/aromatic N) is 1. The lowest BCUT2D eigenvalue weighted by Gasteiger charge is -1.98. The van der Waals surface area contributed by atoms with Gasteiger partial charge in [0.1, 0.15) is 5.82 Å². The highest BCUT2D eigenvalue weighted by atomic mass is 35.5. The Bertz CT molecular complexity index is 847. The molecule has 122 valence electrons. The lowest BCUT2D eigenvalue weighted by Crippen LogP contribution is -2.19. The van der Waals surface area contributed by atoms with Crippen LogP contribution in [0.4, 0.5) is 10.1 Å². The van der Waals surface area contributed by atoms with Crippen LogP contribution >= 0.6 is 23.4 Å². The molecular weight excluding hydrogens is 347 g/mol. The summed E-state index contributed by atoms with van der Waals surface area (Å²) >= 11 is 6.98. The number of nitrogens with one attached hydrogen (secondary N) is 1. The van der Waals surface area contributed by atoms with Crippen LogP contribution in [0.2, 0.25) is 5.02 Å². The summed E-state index contributed by atoms with van der Waals surface area (Å²) in [5.74, 6) is -0.702. The number of carbonyl (C=O) groups excluding carboxylic acids is 1. The van der Waals surface area contributed by atoms with Crippen molar-refractivity contribution in [2.24, 2.45) is 4.99 Å². The average molecular weight is 361 g/mol. The number of hydrogen-bond acceptors (Lipinski definition) is 3. The molecule has 1 aliphatic heterocycles. The van der Waals surface area contributed by atoms with Crippen LogP contribution < -0.4 is 5.32 Å². The molecule has 1 fully saturated rings. The Hall–Kier alpha value is -2.11. The fraction of sp³-hybridized carbons (Fsp3) is 0.111. The SMILES string of the molecule is CCc1ccc(/C=C2\SC(=Nc3ccc(F)c(Cl)c3)NC2=O)cc1. The summed E-state index contributed by atoms with van der Waals surface area (Å²) in [6.07, 6.45) is 2.79. The van der Waals surface area contributed by atoms with Crippen molar-refractivity contribution < 1.29 is 9.18 Å². The van der Waals surface area contributed by atoms with Gasteiger partial charge in [0, 0.05) is 0 Å². The second-order valence-corrected chi connectivity index (χ2v) is 6.61. The summed E-state index contributed by atoms with van der Waals surface area (Å²) in [6.45, 7) is 2.10. The normalized spacial score (nSPS) is 17.5. The third-order valence-corrected chi connectivity index (χ3v) is 4.67. The van der Waals surface area contributed by atoms with Crippen molar-refractivity contribution in [1.29, 1.82) is 0 Å². The number of thioether (sulfide) groups is 1. The van der Waals surface area contributed by atoms with Crippen LogP contribution in [0.5, 0.6) is 0 Å².